The third kappa shape index (κ3) is 3.62. The van der Waals surface area contributed by atoms with E-state index in [1.807, 2.05) is 29.2 Å². The summed E-state index contributed by atoms with van der Waals surface area (Å²) in [5, 5.41) is 8.93. The fraction of sp³-hybridized carbons (Fsp3) is 0.350. The average Bonchev–Trinajstić information content (AvgIpc) is 2.65. The Kier molecular flexibility index (Phi) is 5.22. The molecule has 1 unspecified atom stereocenters. The lowest BCUT2D eigenvalue weighted by Crippen LogP contribution is -2.36. The van der Waals surface area contributed by atoms with Crippen molar-refractivity contribution < 1.29 is 4.79 Å². The first-order valence-electron chi connectivity index (χ1n) is 8.42. The van der Waals surface area contributed by atoms with Gasteiger partial charge in [-0.1, -0.05) is 30.3 Å². The van der Waals surface area contributed by atoms with E-state index < -0.39 is 0 Å². The third-order valence-electron chi connectivity index (χ3n) is 4.57. The molecule has 1 heterocycles. The standard InChI is InChI=1S/C20H21N3O/c21-11-5-13-23(15-16-6-4-12-22-14-16)20(24)19-10-3-8-17-7-1-2-9-18(17)19/h1-2,4,6-7,9,12,14,19H,3,5,8,10,13,15H2. The first kappa shape index (κ1) is 16.2. The zero-order valence-corrected chi connectivity index (χ0v) is 13.7. The van der Waals surface area contributed by atoms with Crippen LogP contribution >= 0.6 is 0 Å². The first-order chi connectivity index (χ1) is 11.8. The summed E-state index contributed by atoms with van der Waals surface area (Å²) >= 11 is 0. The molecule has 0 N–H and O–H groups in total. The van der Waals surface area contributed by atoms with Gasteiger partial charge in [0.05, 0.1) is 18.4 Å². The summed E-state index contributed by atoms with van der Waals surface area (Å²) < 4.78 is 0. The van der Waals surface area contributed by atoms with Crippen LogP contribution < -0.4 is 0 Å². The van der Waals surface area contributed by atoms with E-state index >= 15 is 0 Å². The molecule has 1 aromatic heterocycles. The van der Waals surface area contributed by atoms with Crippen molar-refractivity contribution in [1.82, 2.24) is 9.88 Å². The predicted molar refractivity (Wildman–Crippen MR) is 92.0 cm³/mol. The van der Waals surface area contributed by atoms with E-state index in [0.29, 0.717) is 19.5 Å². The van der Waals surface area contributed by atoms with Gasteiger partial charge in [0.25, 0.3) is 0 Å². The summed E-state index contributed by atoms with van der Waals surface area (Å²) in [6.07, 6.45) is 6.81. The van der Waals surface area contributed by atoms with Crippen molar-refractivity contribution in [3.8, 4) is 6.07 Å². The summed E-state index contributed by atoms with van der Waals surface area (Å²) in [6.45, 7) is 0.968. The largest absolute Gasteiger partial charge is 0.337 e. The van der Waals surface area contributed by atoms with Crippen molar-refractivity contribution in [3.05, 3.63) is 65.5 Å². The monoisotopic (exact) mass is 319 g/mol. The molecule has 1 amide bonds. The molecular weight excluding hydrogens is 298 g/mol. The van der Waals surface area contributed by atoms with Crippen LogP contribution in [0.3, 0.4) is 0 Å². The number of fused-ring (bicyclic) bond motifs is 1. The van der Waals surface area contributed by atoms with Crippen LogP contribution in [0, 0.1) is 11.3 Å². The Labute approximate surface area is 142 Å². The molecule has 0 aliphatic heterocycles. The Morgan fingerprint density at radius 2 is 2.17 bits per heavy atom. The van der Waals surface area contributed by atoms with Crippen LogP contribution in [0.15, 0.2) is 48.8 Å². The SMILES string of the molecule is N#CCCN(Cc1cccnc1)C(=O)C1CCCc2ccccc21. The maximum Gasteiger partial charge on any atom is 0.230 e. The van der Waals surface area contributed by atoms with Crippen LogP contribution in [0.1, 0.15) is 41.9 Å². The topological polar surface area (TPSA) is 57.0 Å². The van der Waals surface area contributed by atoms with E-state index in [2.05, 4.69) is 23.2 Å². The highest BCUT2D eigenvalue weighted by Crippen LogP contribution is 2.33. The fourth-order valence-corrected chi connectivity index (χ4v) is 3.40. The second-order valence-electron chi connectivity index (χ2n) is 6.17. The van der Waals surface area contributed by atoms with Crippen LogP contribution in [0.4, 0.5) is 0 Å². The average molecular weight is 319 g/mol. The Morgan fingerprint density at radius 3 is 2.96 bits per heavy atom. The normalized spacial score (nSPS) is 16.0. The summed E-state index contributed by atoms with van der Waals surface area (Å²) in [4.78, 5) is 19.1. The van der Waals surface area contributed by atoms with Gasteiger partial charge in [-0.3, -0.25) is 9.78 Å². The number of hydrogen-bond donors (Lipinski definition) is 0. The van der Waals surface area contributed by atoms with Gasteiger partial charge in [0.15, 0.2) is 0 Å². The highest BCUT2D eigenvalue weighted by atomic mass is 16.2. The van der Waals surface area contributed by atoms with Crippen molar-refractivity contribution in [1.29, 1.82) is 5.26 Å². The number of amides is 1. The van der Waals surface area contributed by atoms with Gasteiger partial charge in [-0.25, -0.2) is 0 Å². The first-order valence-corrected chi connectivity index (χ1v) is 8.42. The molecule has 1 aliphatic carbocycles. The summed E-state index contributed by atoms with van der Waals surface area (Å²) in [7, 11) is 0. The molecule has 0 radical (unpaired) electrons. The zero-order chi connectivity index (χ0) is 16.8. The van der Waals surface area contributed by atoms with Gasteiger partial charge < -0.3 is 4.90 Å². The van der Waals surface area contributed by atoms with Gasteiger partial charge in [-0.15, -0.1) is 0 Å². The molecule has 0 spiro atoms. The van der Waals surface area contributed by atoms with E-state index in [1.165, 1.54) is 5.56 Å². The van der Waals surface area contributed by atoms with Crippen LogP contribution in [0.25, 0.3) is 0 Å². The molecule has 24 heavy (non-hydrogen) atoms. The quantitative estimate of drug-likeness (QED) is 0.848. The van der Waals surface area contributed by atoms with Crippen LogP contribution in [0.2, 0.25) is 0 Å². The third-order valence-corrected chi connectivity index (χ3v) is 4.57. The number of nitrogens with zero attached hydrogens (tertiary/aromatic N) is 3. The maximum absolute atomic E-state index is 13.2. The summed E-state index contributed by atoms with van der Waals surface area (Å²) in [5.74, 6) is 0.0339. The molecule has 4 nitrogen and oxygen atoms in total. The van der Waals surface area contributed by atoms with Gasteiger partial charge in [0.1, 0.15) is 0 Å². The van der Waals surface area contributed by atoms with Crippen molar-refractivity contribution in [2.45, 2.75) is 38.1 Å². The molecule has 3 rings (SSSR count). The van der Waals surface area contributed by atoms with Gasteiger partial charge in [-0.2, -0.15) is 5.26 Å². The number of aryl methyl sites for hydroxylation is 1. The predicted octanol–water partition coefficient (Wildman–Crippen LogP) is 3.44. The van der Waals surface area contributed by atoms with Gasteiger partial charge in [0, 0.05) is 25.5 Å². The number of carbonyl (C=O) groups is 1. The van der Waals surface area contributed by atoms with Crippen LogP contribution in [-0.4, -0.2) is 22.3 Å². The molecular formula is C20H21N3O. The van der Waals surface area contributed by atoms with Gasteiger partial charge >= 0.3 is 0 Å². The number of pyridine rings is 1. The summed E-state index contributed by atoms with van der Waals surface area (Å²) in [6, 6.07) is 14.2. The molecule has 4 heteroatoms. The minimum absolute atomic E-state index is 0.0923. The summed E-state index contributed by atoms with van der Waals surface area (Å²) in [5.41, 5.74) is 3.43. The van der Waals surface area contributed by atoms with Crippen LogP contribution in [-0.2, 0) is 17.8 Å². The van der Waals surface area contributed by atoms with E-state index in [9.17, 15) is 4.79 Å². The zero-order valence-electron chi connectivity index (χ0n) is 13.7. The number of rotatable bonds is 5. The molecule has 122 valence electrons. The molecule has 1 atom stereocenters. The highest BCUT2D eigenvalue weighted by Gasteiger charge is 2.29. The van der Waals surface area contributed by atoms with Crippen molar-refractivity contribution in [2.75, 3.05) is 6.54 Å². The number of carbonyl (C=O) groups excluding carboxylic acids is 1. The highest BCUT2D eigenvalue weighted by molar-refractivity contribution is 5.84. The number of hydrogen-bond acceptors (Lipinski definition) is 3. The Morgan fingerprint density at radius 1 is 1.29 bits per heavy atom. The lowest BCUT2D eigenvalue weighted by molar-refractivity contribution is -0.133. The van der Waals surface area contributed by atoms with E-state index in [4.69, 9.17) is 5.26 Å². The Bertz CT molecular complexity index is 736. The number of nitriles is 1. The Balaban J connectivity index is 1.82. The number of benzene rings is 1. The van der Waals surface area contributed by atoms with Gasteiger partial charge in [-0.05, 0) is 42.0 Å². The van der Waals surface area contributed by atoms with Crippen molar-refractivity contribution in [2.24, 2.45) is 0 Å². The lowest BCUT2D eigenvalue weighted by Gasteiger charge is -2.30. The molecule has 0 saturated heterocycles. The van der Waals surface area contributed by atoms with E-state index in [0.717, 1.165) is 30.4 Å². The van der Waals surface area contributed by atoms with E-state index in [1.54, 1.807) is 12.4 Å². The molecule has 0 fully saturated rings. The maximum atomic E-state index is 13.2. The van der Waals surface area contributed by atoms with Crippen molar-refractivity contribution >= 4 is 5.91 Å². The molecule has 0 saturated carbocycles. The molecule has 1 aliphatic rings. The fourth-order valence-electron chi connectivity index (χ4n) is 3.40. The van der Waals surface area contributed by atoms with E-state index in [-0.39, 0.29) is 11.8 Å². The molecule has 1 aromatic carbocycles. The smallest absolute Gasteiger partial charge is 0.230 e. The van der Waals surface area contributed by atoms with Gasteiger partial charge in [0.2, 0.25) is 5.91 Å². The second kappa shape index (κ2) is 7.74. The lowest BCUT2D eigenvalue weighted by atomic mass is 9.82. The minimum atomic E-state index is -0.0923. The minimum Gasteiger partial charge on any atom is -0.337 e. The van der Waals surface area contributed by atoms with Crippen molar-refractivity contribution in [3.63, 3.8) is 0 Å². The molecule has 0 bridgehead atoms. The second-order valence-corrected chi connectivity index (χ2v) is 6.17. The number of aromatic nitrogens is 1. The molecule has 2 aromatic rings. The Hall–Kier alpha value is -2.67. The van der Waals surface area contributed by atoms with Crippen LogP contribution in [0.5, 0.6) is 0 Å².